The van der Waals surface area contributed by atoms with Gasteiger partial charge in [0.2, 0.25) is 0 Å². The van der Waals surface area contributed by atoms with Crippen LogP contribution in [0.4, 0.5) is 4.39 Å². The molecule has 0 saturated heterocycles. The molecule has 4 rings (SSSR count). The van der Waals surface area contributed by atoms with Gasteiger partial charge in [0.25, 0.3) is 0 Å². The van der Waals surface area contributed by atoms with Gasteiger partial charge in [0.1, 0.15) is 17.1 Å². The molecule has 0 aliphatic rings. The minimum absolute atomic E-state index is 0.270. The summed E-state index contributed by atoms with van der Waals surface area (Å²) < 4.78 is 19.0. The van der Waals surface area contributed by atoms with E-state index in [1.54, 1.807) is 23.9 Å². The van der Waals surface area contributed by atoms with Gasteiger partial charge < -0.3 is 9.72 Å². The number of fused-ring (bicyclic) bond motifs is 1. The lowest BCUT2D eigenvalue weighted by Crippen LogP contribution is -2.24. The molecule has 0 bridgehead atoms. The summed E-state index contributed by atoms with van der Waals surface area (Å²) in [4.78, 5) is 17.5. The molecule has 0 spiro atoms. The number of halogens is 1. The van der Waals surface area contributed by atoms with Crippen LogP contribution in [0.3, 0.4) is 0 Å². The van der Waals surface area contributed by atoms with Crippen molar-refractivity contribution in [2.24, 2.45) is 0 Å². The van der Waals surface area contributed by atoms with E-state index in [0.717, 1.165) is 38.1 Å². The van der Waals surface area contributed by atoms with E-state index in [1.165, 1.54) is 12.1 Å². The highest BCUT2D eigenvalue weighted by Crippen LogP contribution is 2.36. The van der Waals surface area contributed by atoms with Gasteiger partial charge >= 0.3 is 5.97 Å². The van der Waals surface area contributed by atoms with Gasteiger partial charge in [0, 0.05) is 21.4 Å². The zero-order valence-electron chi connectivity index (χ0n) is 18.0. The molecule has 3 aromatic carbocycles. The molecule has 4 aromatic rings. The topological polar surface area (TPSA) is 42.1 Å². The number of aromatic nitrogens is 1. The number of ether oxygens (including phenoxy) is 1. The number of hydrogen-bond donors (Lipinski definition) is 1. The second-order valence-electron chi connectivity index (χ2n) is 8.37. The van der Waals surface area contributed by atoms with E-state index >= 15 is 0 Å². The maximum Gasteiger partial charge on any atom is 0.355 e. The minimum Gasteiger partial charge on any atom is -0.455 e. The van der Waals surface area contributed by atoms with Crippen molar-refractivity contribution in [3.8, 4) is 22.3 Å². The number of hydrogen-bond acceptors (Lipinski definition) is 3. The van der Waals surface area contributed by atoms with Crippen molar-refractivity contribution in [3.05, 3.63) is 78.2 Å². The van der Waals surface area contributed by atoms with Crippen molar-refractivity contribution in [2.75, 3.05) is 6.26 Å². The molecule has 0 aliphatic heterocycles. The number of carbonyl (C=O) groups excluding carboxylic acids is 1. The highest BCUT2D eigenvalue weighted by Gasteiger charge is 2.25. The second-order valence-corrected chi connectivity index (χ2v) is 9.25. The molecule has 0 unspecified atom stereocenters. The molecule has 0 saturated carbocycles. The van der Waals surface area contributed by atoms with E-state index in [2.05, 4.69) is 4.98 Å². The van der Waals surface area contributed by atoms with Crippen molar-refractivity contribution >= 4 is 28.6 Å². The third-order valence-electron chi connectivity index (χ3n) is 4.96. The maximum absolute atomic E-state index is 13.3. The second kappa shape index (κ2) is 8.23. The first kappa shape index (κ1) is 21.2. The predicted octanol–water partition coefficient (Wildman–Crippen LogP) is 7.32. The van der Waals surface area contributed by atoms with E-state index < -0.39 is 11.6 Å². The van der Waals surface area contributed by atoms with Gasteiger partial charge in [-0.1, -0.05) is 36.4 Å². The summed E-state index contributed by atoms with van der Waals surface area (Å²) in [5, 5.41) is 0.934. The third kappa shape index (κ3) is 4.52. The summed E-state index contributed by atoms with van der Waals surface area (Å²) >= 11 is 1.67. The molecule has 0 atom stereocenters. The quantitative estimate of drug-likeness (QED) is 0.271. The molecule has 0 radical (unpaired) electrons. The summed E-state index contributed by atoms with van der Waals surface area (Å²) in [6.45, 7) is 5.56. The average Bonchev–Trinajstić information content (AvgIpc) is 3.12. The van der Waals surface area contributed by atoms with Crippen molar-refractivity contribution in [1.29, 1.82) is 0 Å². The first-order valence-electron chi connectivity index (χ1n) is 10.0. The molecule has 1 heterocycles. The van der Waals surface area contributed by atoms with E-state index in [1.807, 2.05) is 69.5 Å². The van der Waals surface area contributed by atoms with Crippen LogP contribution in [0.15, 0.2) is 71.6 Å². The fraction of sp³-hybridized carbons (Fsp3) is 0.192. The van der Waals surface area contributed by atoms with Crippen molar-refractivity contribution in [2.45, 2.75) is 31.3 Å². The van der Waals surface area contributed by atoms with Gasteiger partial charge in [0.05, 0.1) is 0 Å². The molecule has 0 amide bonds. The van der Waals surface area contributed by atoms with E-state index in [9.17, 15) is 9.18 Å². The van der Waals surface area contributed by atoms with Gasteiger partial charge in [-0.15, -0.1) is 11.8 Å². The number of thioether (sulfide) groups is 1. The zero-order valence-corrected chi connectivity index (χ0v) is 18.8. The van der Waals surface area contributed by atoms with Crippen LogP contribution in [0.2, 0.25) is 0 Å². The van der Waals surface area contributed by atoms with Gasteiger partial charge in [-0.25, -0.2) is 9.18 Å². The standard InChI is InChI=1S/C26H24FNO2S/c1-26(2,3)30-25(29)24-23(17-7-12-20(31-4)13-8-17)21-14-9-18(15-22(21)28-24)16-5-10-19(27)11-6-16/h5-15,28H,1-4H3. The molecule has 1 N–H and O–H groups in total. The Kier molecular flexibility index (Phi) is 5.63. The lowest BCUT2D eigenvalue weighted by molar-refractivity contribution is 0.00648. The highest BCUT2D eigenvalue weighted by molar-refractivity contribution is 7.98. The van der Waals surface area contributed by atoms with Crippen LogP contribution in [-0.2, 0) is 4.74 Å². The van der Waals surface area contributed by atoms with Crippen molar-refractivity contribution < 1.29 is 13.9 Å². The molecule has 0 fully saturated rings. The Bertz CT molecular complexity index is 1240. The number of benzene rings is 3. The molecule has 5 heteroatoms. The monoisotopic (exact) mass is 433 g/mol. The lowest BCUT2D eigenvalue weighted by atomic mass is 9.99. The first-order valence-corrected chi connectivity index (χ1v) is 11.3. The number of esters is 1. The first-order chi connectivity index (χ1) is 14.7. The number of aromatic amines is 1. The van der Waals surface area contributed by atoms with Gasteiger partial charge in [-0.2, -0.15) is 0 Å². The Morgan fingerprint density at radius 2 is 1.52 bits per heavy atom. The number of rotatable bonds is 4. The molecular weight excluding hydrogens is 409 g/mol. The van der Waals surface area contributed by atoms with Gasteiger partial charge in [-0.3, -0.25) is 0 Å². The Morgan fingerprint density at radius 3 is 2.13 bits per heavy atom. The fourth-order valence-electron chi connectivity index (χ4n) is 3.56. The minimum atomic E-state index is -0.604. The van der Waals surface area contributed by atoms with Gasteiger partial charge in [-0.05, 0) is 74.0 Å². The Hall–Kier alpha value is -3.05. The Balaban J connectivity index is 1.87. The van der Waals surface area contributed by atoms with E-state index in [4.69, 9.17) is 4.74 Å². The number of nitrogens with one attached hydrogen (secondary N) is 1. The molecule has 31 heavy (non-hydrogen) atoms. The SMILES string of the molecule is CSc1ccc(-c2c(C(=O)OC(C)(C)C)[nH]c3cc(-c4ccc(F)cc4)ccc23)cc1. The van der Waals surface area contributed by atoms with Crippen LogP contribution in [0.5, 0.6) is 0 Å². The summed E-state index contributed by atoms with van der Waals surface area (Å²) in [7, 11) is 0. The van der Waals surface area contributed by atoms with Crippen molar-refractivity contribution in [3.63, 3.8) is 0 Å². The molecule has 1 aromatic heterocycles. The maximum atomic E-state index is 13.3. The predicted molar refractivity (Wildman–Crippen MR) is 126 cm³/mol. The molecule has 0 aliphatic carbocycles. The van der Waals surface area contributed by atoms with Crippen molar-refractivity contribution in [1.82, 2.24) is 4.98 Å². The summed E-state index contributed by atoms with van der Waals surface area (Å²) in [6.07, 6.45) is 2.03. The summed E-state index contributed by atoms with van der Waals surface area (Å²) in [5.41, 5.74) is 4.26. The average molecular weight is 434 g/mol. The van der Waals surface area contributed by atoms with E-state index in [-0.39, 0.29) is 5.82 Å². The van der Waals surface area contributed by atoms with Crippen LogP contribution in [0.1, 0.15) is 31.3 Å². The Labute approximate surface area is 185 Å². The Morgan fingerprint density at radius 1 is 0.903 bits per heavy atom. The third-order valence-corrected chi connectivity index (χ3v) is 5.70. The van der Waals surface area contributed by atoms with Crippen LogP contribution >= 0.6 is 11.8 Å². The highest BCUT2D eigenvalue weighted by atomic mass is 32.2. The fourth-order valence-corrected chi connectivity index (χ4v) is 3.97. The van der Waals surface area contributed by atoms with Crippen LogP contribution in [0.25, 0.3) is 33.2 Å². The number of H-pyrrole nitrogens is 1. The molecular formula is C26H24FNO2S. The number of carbonyl (C=O) groups is 1. The van der Waals surface area contributed by atoms with Crippen LogP contribution < -0.4 is 0 Å². The largest absolute Gasteiger partial charge is 0.455 e. The van der Waals surface area contributed by atoms with E-state index in [0.29, 0.717) is 5.69 Å². The normalized spacial score (nSPS) is 11.6. The molecule has 3 nitrogen and oxygen atoms in total. The zero-order chi connectivity index (χ0) is 22.2. The molecule has 158 valence electrons. The smallest absolute Gasteiger partial charge is 0.355 e. The summed E-state index contributed by atoms with van der Waals surface area (Å²) in [6, 6.07) is 20.5. The lowest BCUT2D eigenvalue weighted by Gasteiger charge is -2.19. The summed E-state index contributed by atoms with van der Waals surface area (Å²) in [5.74, 6) is -0.663. The van der Waals surface area contributed by atoms with Crippen LogP contribution in [-0.4, -0.2) is 22.8 Å². The van der Waals surface area contributed by atoms with Crippen LogP contribution in [0, 0.1) is 5.82 Å². The van der Waals surface area contributed by atoms with Gasteiger partial charge in [0.15, 0.2) is 0 Å².